The van der Waals surface area contributed by atoms with Crippen LogP contribution in [0, 0.1) is 0 Å². The molecule has 0 aliphatic rings. The van der Waals surface area contributed by atoms with Crippen LogP contribution < -0.4 is 14.8 Å². The molecule has 0 aliphatic heterocycles. The Bertz CT molecular complexity index is 1110. The minimum Gasteiger partial charge on any atom is -0.497 e. The summed E-state index contributed by atoms with van der Waals surface area (Å²) in [7, 11) is 1.59. The number of amides is 1. The number of ether oxygens (including phenoxy) is 2. The Hall–Kier alpha value is -2.31. The van der Waals surface area contributed by atoms with Crippen LogP contribution in [0.3, 0.4) is 0 Å². The first-order chi connectivity index (χ1) is 19.1. The number of aryl methyl sites for hydroxylation is 1. The molecule has 5 nitrogen and oxygen atoms in total. The third kappa shape index (κ3) is 10.5. The maximum atomic E-state index is 13.6. The average molecular weight is 584 g/mol. The van der Waals surface area contributed by atoms with E-state index in [0.29, 0.717) is 6.42 Å². The highest BCUT2D eigenvalue weighted by molar-refractivity contribution is 6.74. The van der Waals surface area contributed by atoms with Crippen molar-refractivity contribution in [2.75, 3.05) is 26.1 Å². The zero-order chi connectivity index (χ0) is 30.8. The van der Waals surface area contributed by atoms with E-state index in [4.69, 9.17) is 13.9 Å². The number of anilines is 1. The second kappa shape index (κ2) is 15.2. The molecule has 0 radical (unpaired) electrons. The van der Waals surface area contributed by atoms with E-state index in [2.05, 4.69) is 91.1 Å². The molecule has 2 aromatic carbocycles. The summed E-state index contributed by atoms with van der Waals surface area (Å²) < 4.78 is 17.5. The summed E-state index contributed by atoms with van der Waals surface area (Å²) >= 11 is 0. The normalized spacial score (nSPS) is 13.1. The van der Waals surface area contributed by atoms with Crippen LogP contribution in [0.5, 0.6) is 11.5 Å². The minimum atomic E-state index is -1.75. The van der Waals surface area contributed by atoms with Crippen molar-refractivity contribution in [3.63, 3.8) is 0 Å². The van der Waals surface area contributed by atoms with Gasteiger partial charge in [-0.2, -0.15) is 0 Å². The molecule has 0 fully saturated rings. The maximum Gasteiger partial charge on any atom is 0.224 e. The number of hydrogen-bond acceptors (Lipinski definition) is 4. The van der Waals surface area contributed by atoms with Crippen molar-refractivity contribution in [2.45, 2.75) is 123 Å². The lowest BCUT2D eigenvalue weighted by molar-refractivity contribution is -0.116. The van der Waals surface area contributed by atoms with Crippen LogP contribution in [0.1, 0.15) is 110 Å². The number of rotatable bonds is 15. The molecule has 6 heteroatoms. The van der Waals surface area contributed by atoms with Crippen LogP contribution in [0.25, 0.3) is 0 Å². The van der Waals surface area contributed by atoms with E-state index in [0.717, 1.165) is 73.4 Å². The van der Waals surface area contributed by atoms with Crippen molar-refractivity contribution in [3.8, 4) is 11.5 Å². The molecule has 0 heterocycles. The molecule has 1 amide bonds. The van der Waals surface area contributed by atoms with Crippen molar-refractivity contribution in [1.29, 1.82) is 0 Å². The first kappa shape index (κ1) is 34.9. The van der Waals surface area contributed by atoms with Crippen LogP contribution in [0.4, 0.5) is 5.69 Å². The molecule has 2 rings (SSSR count). The Morgan fingerprint density at radius 2 is 1.63 bits per heavy atom. The molecule has 0 saturated heterocycles. The SMILES string of the molecule is CCCCCC(CC(=O)Nc1cc(CCCO[Si](C)(C)C(C)(C)C)ccc1C(C)(C)C)c1ccc(OC)cc1OC. The van der Waals surface area contributed by atoms with Gasteiger partial charge >= 0.3 is 0 Å². The van der Waals surface area contributed by atoms with E-state index in [-0.39, 0.29) is 22.3 Å². The fourth-order valence-electron chi connectivity index (χ4n) is 4.91. The second-order valence-electron chi connectivity index (χ2n) is 13.9. The number of methoxy groups -OCH3 is 2. The van der Waals surface area contributed by atoms with E-state index >= 15 is 0 Å². The van der Waals surface area contributed by atoms with Gasteiger partial charge in [0.05, 0.1) is 14.2 Å². The first-order valence-corrected chi connectivity index (χ1v) is 18.3. The lowest BCUT2D eigenvalue weighted by Gasteiger charge is -2.36. The van der Waals surface area contributed by atoms with Gasteiger partial charge in [-0.3, -0.25) is 4.79 Å². The topological polar surface area (TPSA) is 56.8 Å². The lowest BCUT2D eigenvalue weighted by Crippen LogP contribution is -2.41. The monoisotopic (exact) mass is 583 g/mol. The first-order valence-electron chi connectivity index (χ1n) is 15.4. The van der Waals surface area contributed by atoms with Gasteiger partial charge in [0.1, 0.15) is 11.5 Å². The van der Waals surface area contributed by atoms with E-state index in [9.17, 15) is 4.79 Å². The number of carbonyl (C=O) groups excluding carboxylic acids is 1. The van der Waals surface area contributed by atoms with Gasteiger partial charge < -0.3 is 19.2 Å². The van der Waals surface area contributed by atoms with Crippen LogP contribution in [0.15, 0.2) is 36.4 Å². The molecule has 0 bridgehead atoms. The van der Waals surface area contributed by atoms with E-state index in [1.807, 2.05) is 12.1 Å². The molecule has 0 spiro atoms. The highest BCUT2D eigenvalue weighted by Crippen LogP contribution is 2.38. The minimum absolute atomic E-state index is 0.0354. The number of hydrogen-bond donors (Lipinski definition) is 1. The van der Waals surface area contributed by atoms with Crippen molar-refractivity contribution >= 4 is 19.9 Å². The number of unbranched alkanes of at least 4 members (excludes halogenated alkanes) is 2. The number of carbonyl (C=O) groups is 1. The van der Waals surface area contributed by atoms with Gasteiger partial charge in [-0.1, -0.05) is 85.9 Å². The number of nitrogens with one attached hydrogen (secondary N) is 1. The van der Waals surface area contributed by atoms with Crippen molar-refractivity contribution in [3.05, 3.63) is 53.1 Å². The van der Waals surface area contributed by atoms with Crippen molar-refractivity contribution < 1.29 is 18.7 Å². The fraction of sp³-hybridized carbons (Fsp3) is 0.629. The van der Waals surface area contributed by atoms with Crippen LogP contribution in [-0.2, 0) is 21.1 Å². The van der Waals surface area contributed by atoms with E-state index in [1.54, 1.807) is 14.2 Å². The predicted molar refractivity (Wildman–Crippen MR) is 176 cm³/mol. The molecule has 230 valence electrons. The lowest BCUT2D eigenvalue weighted by atomic mass is 9.84. The largest absolute Gasteiger partial charge is 0.497 e. The van der Waals surface area contributed by atoms with Crippen LogP contribution >= 0.6 is 0 Å². The highest BCUT2D eigenvalue weighted by atomic mass is 28.4. The molecule has 41 heavy (non-hydrogen) atoms. The molecule has 1 N–H and O–H groups in total. The zero-order valence-corrected chi connectivity index (χ0v) is 28.8. The summed E-state index contributed by atoms with van der Waals surface area (Å²) in [6.45, 7) is 21.0. The van der Waals surface area contributed by atoms with Gasteiger partial charge in [0.25, 0.3) is 0 Å². The molecule has 1 atom stereocenters. The Labute approximate surface area is 251 Å². The summed E-state index contributed by atoms with van der Waals surface area (Å²) in [4.78, 5) is 13.6. The maximum absolute atomic E-state index is 13.6. The Kier molecular flexibility index (Phi) is 13.0. The van der Waals surface area contributed by atoms with Gasteiger partial charge in [-0.15, -0.1) is 0 Å². The van der Waals surface area contributed by atoms with E-state index in [1.165, 1.54) is 5.56 Å². The Morgan fingerprint density at radius 3 is 2.22 bits per heavy atom. The Balaban J connectivity index is 2.23. The van der Waals surface area contributed by atoms with Gasteiger partial charge in [0.15, 0.2) is 8.32 Å². The summed E-state index contributed by atoms with van der Waals surface area (Å²) in [5, 5.41) is 3.53. The van der Waals surface area contributed by atoms with Gasteiger partial charge in [-0.05, 0) is 77.6 Å². The molecule has 2 aromatic rings. The third-order valence-corrected chi connectivity index (χ3v) is 13.1. The Morgan fingerprint density at radius 1 is 0.927 bits per heavy atom. The zero-order valence-electron chi connectivity index (χ0n) is 27.8. The molecular formula is C35H57NO4Si. The van der Waals surface area contributed by atoms with Crippen LogP contribution in [-0.4, -0.2) is 35.1 Å². The van der Waals surface area contributed by atoms with Gasteiger partial charge in [0.2, 0.25) is 5.91 Å². The highest BCUT2D eigenvalue weighted by Gasteiger charge is 2.36. The van der Waals surface area contributed by atoms with Crippen molar-refractivity contribution in [1.82, 2.24) is 0 Å². The molecule has 0 saturated carbocycles. The standard InChI is InChI=1S/C35H57NO4Si/c1-12-13-14-17-27(29-20-19-28(38-8)25-32(29)39-9)24-33(37)36-31-23-26(18-21-30(31)34(2,3)4)16-15-22-40-41(10,11)35(5,6)7/h18-21,23,25,27H,12-17,22,24H2,1-11H3,(H,36,37). The molecule has 1 unspecified atom stereocenters. The van der Waals surface area contributed by atoms with Crippen molar-refractivity contribution in [2.24, 2.45) is 0 Å². The average Bonchev–Trinajstić information content (AvgIpc) is 2.89. The summed E-state index contributed by atoms with van der Waals surface area (Å²) in [5.41, 5.74) is 4.26. The quantitative estimate of drug-likeness (QED) is 0.167. The van der Waals surface area contributed by atoms with Gasteiger partial charge in [-0.25, -0.2) is 0 Å². The predicted octanol–water partition coefficient (Wildman–Crippen LogP) is 9.65. The fourth-order valence-corrected chi connectivity index (χ4v) is 6.00. The van der Waals surface area contributed by atoms with Crippen LogP contribution in [0.2, 0.25) is 18.1 Å². The second-order valence-corrected chi connectivity index (χ2v) is 18.7. The molecular weight excluding hydrogens is 526 g/mol. The molecule has 0 aliphatic carbocycles. The van der Waals surface area contributed by atoms with E-state index < -0.39 is 8.32 Å². The molecule has 0 aromatic heterocycles. The smallest absolute Gasteiger partial charge is 0.224 e. The van der Waals surface area contributed by atoms with Gasteiger partial charge in [0, 0.05) is 24.8 Å². The summed E-state index contributed by atoms with van der Waals surface area (Å²) in [6.07, 6.45) is 6.58. The number of benzene rings is 2. The summed E-state index contributed by atoms with van der Waals surface area (Å²) in [6, 6.07) is 12.5. The third-order valence-electron chi connectivity index (χ3n) is 8.51. The summed E-state index contributed by atoms with van der Waals surface area (Å²) in [5.74, 6) is 1.63.